The summed E-state index contributed by atoms with van der Waals surface area (Å²) in [5, 5.41) is 1.92. The number of rotatable bonds is 2. The van der Waals surface area contributed by atoms with Gasteiger partial charge in [0, 0.05) is 47.2 Å². The average Bonchev–Trinajstić information content (AvgIpc) is 2.78. The molecule has 1 unspecified atom stereocenters. The molecule has 5 nitrogen and oxygen atoms in total. The van der Waals surface area contributed by atoms with Gasteiger partial charge in [-0.1, -0.05) is 12.1 Å². The third-order valence-corrected chi connectivity index (χ3v) is 7.57. The fourth-order valence-corrected chi connectivity index (χ4v) is 6.04. The number of fused-ring (bicyclic) bond motifs is 3. The van der Waals surface area contributed by atoms with E-state index in [0.717, 1.165) is 56.3 Å². The molecular formula is C24H27N3O2. The first-order chi connectivity index (χ1) is 14.2. The molecule has 5 heterocycles. The van der Waals surface area contributed by atoms with Crippen LogP contribution in [0.4, 0.5) is 5.69 Å². The number of piperidine rings is 4. The zero-order valence-electron chi connectivity index (χ0n) is 16.8. The van der Waals surface area contributed by atoms with E-state index in [4.69, 9.17) is 0 Å². The van der Waals surface area contributed by atoms with Crippen LogP contribution in [-0.2, 0) is 0 Å². The summed E-state index contributed by atoms with van der Waals surface area (Å²) in [6, 6.07) is 10.1. The Balaban J connectivity index is 1.46. The van der Waals surface area contributed by atoms with E-state index in [1.54, 1.807) is 4.90 Å². The van der Waals surface area contributed by atoms with Gasteiger partial charge in [-0.25, -0.2) is 0 Å². The van der Waals surface area contributed by atoms with Gasteiger partial charge in [0.05, 0.1) is 6.04 Å². The molecule has 0 saturated carbocycles. The van der Waals surface area contributed by atoms with Crippen LogP contribution in [-0.4, -0.2) is 60.4 Å². The summed E-state index contributed by atoms with van der Waals surface area (Å²) in [5.41, 5.74) is 2.57. The van der Waals surface area contributed by atoms with Crippen molar-refractivity contribution in [3.05, 3.63) is 41.5 Å². The number of amides is 2. The van der Waals surface area contributed by atoms with Crippen molar-refractivity contribution >= 4 is 28.3 Å². The van der Waals surface area contributed by atoms with E-state index in [2.05, 4.69) is 21.9 Å². The number of hydrogen-bond acceptors (Lipinski definition) is 4. The predicted molar refractivity (Wildman–Crippen MR) is 113 cm³/mol. The van der Waals surface area contributed by atoms with Gasteiger partial charge in [0.25, 0.3) is 11.8 Å². The smallest absolute Gasteiger partial charge is 0.261 e. The van der Waals surface area contributed by atoms with Crippen molar-refractivity contribution in [2.24, 2.45) is 5.92 Å². The van der Waals surface area contributed by atoms with Crippen molar-refractivity contribution in [1.29, 1.82) is 0 Å². The van der Waals surface area contributed by atoms with Crippen molar-refractivity contribution < 1.29 is 9.59 Å². The number of carbonyl (C=O) groups excluding carboxylic acids is 2. The molecule has 4 fully saturated rings. The van der Waals surface area contributed by atoms with Gasteiger partial charge in [-0.2, -0.15) is 0 Å². The monoisotopic (exact) mass is 389 g/mol. The van der Waals surface area contributed by atoms with Crippen LogP contribution in [0.3, 0.4) is 0 Å². The highest BCUT2D eigenvalue weighted by atomic mass is 16.2. The molecule has 5 heteroatoms. The number of benzene rings is 2. The van der Waals surface area contributed by atoms with E-state index in [-0.39, 0.29) is 17.9 Å². The molecule has 2 amide bonds. The van der Waals surface area contributed by atoms with Gasteiger partial charge in [0.2, 0.25) is 0 Å². The Bertz CT molecular complexity index is 980. The van der Waals surface area contributed by atoms with Crippen LogP contribution in [0, 0.1) is 5.92 Å². The molecule has 7 rings (SSSR count). The van der Waals surface area contributed by atoms with Crippen molar-refractivity contribution in [1.82, 2.24) is 9.80 Å². The molecule has 4 saturated heterocycles. The Hall–Kier alpha value is -2.40. The van der Waals surface area contributed by atoms with Gasteiger partial charge in [0.1, 0.15) is 0 Å². The fraction of sp³-hybridized carbons (Fsp3) is 0.500. The highest BCUT2D eigenvalue weighted by Crippen LogP contribution is 2.40. The molecule has 0 N–H and O–H groups in total. The molecule has 0 aromatic heterocycles. The molecule has 29 heavy (non-hydrogen) atoms. The molecule has 1 atom stereocenters. The first kappa shape index (κ1) is 17.5. The quantitative estimate of drug-likeness (QED) is 0.737. The van der Waals surface area contributed by atoms with E-state index in [1.165, 1.54) is 24.9 Å². The van der Waals surface area contributed by atoms with Gasteiger partial charge in [0.15, 0.2) is 0 Å². The molecule has 5 aliphatic rings. The summed E-state index contributed by atoms with van der Waals surface area (Å²) in [4.78, 5) is 33.5. The molecule has 0 radical (unpaired) electrons. The number of hydrogen-bond donors (Lipinski definition) is 0. The number of carbonyl (C=O) groups is 2. The average molecular weight is 389 g/mol. The van der Waals surface area contributed by atoms with E-state index >= 15 is 0 Å². The lowest BCUT2D eigenvalue weighted by Gasteiger charge is -2.49. The van der Waals surface area contributed by atoms with Gasteiger partial charge >= 0.3 is 0 Å². The Morgan fingerprint density at radius 3 is 2.21 bits per heavy atom. The van der Waals surface area contributed by atoms with E-state index in [0.29, 0.717) is 17.0 Å². The van der Waals surface area contributed by atoms with Gasteiger partial charge in [-0.05, 0) is 69.3 Å². The highest BCUT2D eigenvalue weighted by molar-refractivity contribution is 6.27. The standard InChI is InChI=1S/C24H27N3O2/c28-23-18-6-4-5-17-20(26-11-2-1-3-12-26)8-7-19(22(17)18)24(29)27(23)21-15-25-13-9-16(21)10-14-25/h4-8,16,21H,1-3,9-15H2. The maximum atomic E-state index is 13.5. The molecule has 150 valence electrons. The van der Waals surface area contributed by atoms with Crippen LogP contribution >= 0.6 is 0 Å². The molecule has 0 aliphatic carbocycles. The summed E-state index contributed by atoms with van der Waals surface area (Å²) in [7, 11) is 0. The second-order valence-corrected chi connectivity index (χ2v) is 9.09. The molecule has 0 spiro atoms. The van der Waals surface area contributed by atoms with E-state index in [1.807, 2.05) is 18.2 Å². The number of nitrogens with zero attached hydrogens (tertiary/aromatic N) is 3. The summed E-state index contributed by atoms with van der Waals surface area (Å²) >= 11 is 0. The van der Waals surface area contributed by atoms with Gasteiger partial charge in [-0.3, -0.25) is 14.5 Å². The Labute approximate surface area is 171 Å². The van der Waals surface area contributed by atoms with E-state index in [9.17, 15) is 9.59 Å². The lowest BCUT2D eigenvalue weighted by molar-refractivity contribution is 0.00882. The van der Waals surface area contributed by atoms with Crippen LogP contribution in [0.25, 0.3) is 10.8 Å². The van der Waals surface area contributed by atoms with Crippen LogP contribution < -0.4 is 4.90 Å². The Morgan fingerprint density at radius 1 is 0.793 bits per heavy atom. The van der Waals surface area contributed by atoms with Crippen LogP contribution in [0.1, 0.15) is 52.8 Å². The second kappa shape index (κ2) is 6.56. The summed E-state index contributed by atoms with van der Waals surface area (Å²) in [6.45, 7) is 5.13. The first-order valence-corrected chi connectivity index (χ1v) is 11.1. The molecule has 2 aromatic carbocycles. The summed E-state index contributed by atoms with van der Waals surface area (Å²) in [5.74, 6) is 0.256. The first-order valence-electron chi connectivity index (χ1n) is 11.1. The highest BCUT2D eigenvalue weighted by Gasteiger charge is 2.45. The lowest BCUT2D eigenvalue weighted by Crippen LogP contribution is -2.60. The maximum Gasteiger partial charge on any atom is 0.261 e. The van der Waals surface area contributed by atoms with Crippen molar-refractivity contribution in [3.63, 3.8) is 0 Å². The van der Waals surface area contributed by atoms with Crippen molar-refractivity contribution in [3.8, 4) is 0 Å². The van der Waals surface area contributed by atoms with Crippen molar-refractivity contribution in [2.75, 3.05) is 37.6 Å². The third kappa shape index (κ3) is 2.56. The normalized spacial score (nSPS) is 29.0. The third-order valence-electron chi connectivity index (χ3n) is 7.57. The topological polar surface area (TPSA) is 43.9 Å². The Kier molecular flexibility index (Phi) is 3.95. The minimum absolute atomic E-state index is 0.0164. The number of imide groups is 1. The molecule has 5 aliphatic heterocycles. The summed E-state index contributed by atoms with van der Waals surface area (Å²) < 4.78 is 0. The molecular weight excluding hydrogens is 362 g/mol. The molecule has 2 aromatic rings. The minimum atomic E-state index is -0.0948. The second-order valence-electron chi connectivity index (χ2n) is 9.09. The fourth-order valence-electron chi connectivity index (χ4n) is 6.04. The summed E-state index contributed by atoms with van der Waals surface area (Å²) in [6.07, 6.45) is 5.87. The zero-order valence-corrected chi connectivity index (χ0v) is 16.8. The van der Waals surface area contributed by atoms with E-state index < -0.39 is 0 Å². The van der Waals surface area contributed by atoms with Gasteiger partial charge < -0.3 is 9.80 Å². The lowest BCUT2D eigenvalue weighted by atomic mass is 9.81. The predicted octanol–water partition coefficient (Wildman–Crippen LogP) is 3.52. The molecule has 2 bridgehead atoms. The largest absolute Gasteiger partial charge is 0.371 e. The Morgan fingerprint density at radius 2 is 1.52 bits per heavy atom. The van der Waals surface area contributed by atoms with Crippen LogP contribution in [0.5, 0.6) is 0 Å². The zero-order chi connectivity index (χ0) is 19.5. The van der Waals surface area contributed by atoms with Gasteiger partial charge in [-0.15, -0.1) is 0 Å². The van der Waals surface area contributed by atoms with Crippen LogP contribution in [0.2, 0.25) is 0 Å². The minimum Gasteiger partial charge on any atom is -0.371 e. The SMILES string of the molecule is O=C1c2cccc3c(N4CCCCC4)ccc(c23)C(=O)N1C1CN2CCC1CC2. The van der Waals surface area contributed by atoms with Crippen molar-refractivity contribution in [2.45, 2.75) is 38.1 Å². The maximum absolute atomic E-state index is 13.5. The number of anilines is 1. The van der Waals surface area contributed by atoms with Crippen LogP contribution in [0.15, 0.2) is 30.3 Å².